The van der Waals surface area contributed by atoms with Crippen LogP contribution in [0.2, 0.25) is 0 Å². The van der Waals surface area contributed by atoms with Crippen LogP contribution in [-0.4, -0.2) is 40.7 Å². The standard InChI is InChI=1S/C14H26N2O3S/c1-10(12(17)18)11(2)16-13(19)15-9-14(20-3)7-5-4-6-8-14/h10-11H,4-9H2,1-3H3,(H,17,18)(H2,15,16,19). The molecule has 0 aromatic heterocycles. The zero-order valence-corrected chi connectivity index (χ0v) is 13.4. The number of carbonyl (C=O) groups is 2. The van der Waals surface area contributed by atoms with Crippen LogP contribution in [0.1, 0.15) is 46.0 Å². The van der Waals surface area contributed by atoms with Gasteiger partial charge in [0.15, 0.2) is 0 Å². The zero-order chi connectivity index (χ0) is 15.2. The zero-order valence-electron chi connectivity index (χ0n) is 12.6. The van der Waals surface area contributed by atoms with Crippen molar-refractivity contribution in [1.29, 1.82) is 0 Å². The normalized spacial score (nSPS) is 20.8. The molecule has 1 saturated carbocycles. The Labute approximate surface area is 125 Å². The number of carboxylic acid groups (broad SMARTS) is 1. The summed E-state index contributed by atoms with van der Waals surface area (Å²) in [7, 11) is 0. The quantitative estimate of drug-likeness (QED) is 0.704. The SMILES string of the molecule is CSC1(CNC(=O)NC(C)C(C)C(=O)O)CCCCC1. The summed E-state index contributed by atoms with van der Waals surface area (Å²) < 4.78 is 0.150. The number of hydrogen-bond acceptors (Lipinski definition) is 3. The minimum Gasteiger partial charge on any atom is -0.481 e. The molecule has 2 atom stereocenters. The summed E-state index contributed by atoms with van der Waals surface area (Å²) in [5.74, 6) is -1.49. The number of rotatable bonds is 6. The van der Waals surface area contributed by atoms with Gasteiger partial charge in [-0.2, -0.15) is 11.8 Å². The van der Waals surface area contributed by atoms with Gasteiger partial charge in [0.2, 0.25) is 0 Å². The number of carboxylic acids is 1. The smallest absolute Gasteiger partial charge is 0.315 e. The molecular weight excluding hydrogens is 276 g/mol. The monoisotopic (exact) mass is 302 g/mol. The van der Waals surface area contributed by atoms with E-state index >= 15 is 0 Å². The van der Waals surface area contributed by atoms with Crippen LogP contribution in [0, 0.1) is 5.92 Å². The van der Waals surface area contributed by atoms with Crippen molar-refractivity contribution in [2.45, 2.75) is 56.7 Å². The first-order chi connectivity index (χ1) is 9.40. The van der Waals surface area contributed by atoms with Crippen molar-refractivity contribution in [3.63, 3.8) is 0 Å². The Bertz CT molecular complexity index is 343. The summed E-state index contributed by atoms with van der Waals surface area (Å²) >= 11 is 1.83. The van der Waals surface area contributed by atoms with Crippen LogP contribution in [0.5, 0.6) is 0 Å². The van der Waals surface area contributed by atoms with Crippen molar-refractivity contribution in [2.75, 3.05) is 12.8 Å². The molecule has 0 spiro atoms. The second-order valence-corrected chi connectivity index (χ2v) is 6.96. The van der Waals surface area contributed by atoms with E-state index < -0.39 is 11.9 Å². The molecule has 0 saturated heterocycles. The van der Waals surface area contributed by atoms with Crippen LogP contribution >= 0.6 is 11.8 Å². The average molecular weight is 302 g/mol. The second kappa shape index (κ2) is 7.76. The number of aliphatic carboxylic acids is 1. The highest BCUT2D eigenvalue weighted by atomic mass is 32.2. The van der Waals surface area contributed by atoms with Crippen LogP contribution < -0.4 is 10.6 Å². The first-order valence-corrected chi connectivity index (χ1v) is 8.45. The van der Waals surface area contributed by atoms with E-state index in [2.05, 4.69) is 16.9 Å². The summed E-state index contributed by atoms with van der Waals surface area (Å²) in [5.41, 5.74) is 0. The van der Waals surface area contributed by atoms with E-state index in [-0.39, 0.29) is 16.8 Å². The van der Waals surface area contributed by atoms with Crippen molar-refractivity contribution in [3.8, 4) is 0 Å². The van der Waals surface area contributed by atoms with Crippen LogP contribution in [0.15, 0.2) is 0 Å². The molecule has 1 aliphatic rings. The molecule has 1 rings (SSSR count). The van der Waals surface area contributed by atoms with Gasteiger partial charge in [0.05, 0.1) is 5.92 Å². The molecule has 0 radical (unpaired) electrons. The van der Waals surface area contributed by atoms with Crippen LogP contribution in [0.3, 0.4) is 0 Å². The van der Waals surface area contributed by atoms with Crippen LogP contribution in [0.25, 0.3) is 0 Å². The maximum atomic E-state index is 11.9. The Morgan fingerprint density at radius 2 is 1.85 bits per heavy atom. The van der Waals surface area contributed by atoms with Gasteiger partial charge >= 0.3 is 12.0 Å². The molecule has 2 amide bonds. The maximum absolute atomic E-state index is 11.9. The van der Waals surface area contributed by atoms with Crippen molar-refractivity contribution < 1.29 is 14.7 Å². The fourth-order valence-corrected chi connectivity index (χ4v) is 3.40. The molecule has 0 aromatic rings. The highest BCUT2D eigenvalue weighted by Gasteiger charge is 2.31. The van der Waals surface area contributed by atoms with E-state index in [0.717, 1.165) is 12.8 Å². The van der Waals surface area contributed by atoms with Crippen LogP contribution in [0.4, 0.5) is 4.79 Å². The summed E-state index contributed by atoms with van der Waals surface area (Å²) in [6, 6.07) is -0.659. The van der Waals surface area contributed by atoms with E-state index in [1.165, 1.54) is 19.3 Å². The molecule has 20 heavy (non-hydrogen) atoms. The summed E-state index contributed by atoms with van der Waals surface area (Å²) in [6.07, 6.45) is 8.08. The van der Waals surface area contributed by atoms with Gasteiger partial charge in [-0.15, -0.1) is 0 Å². The van der Waals surface area contributed by atoms with Gasteiger partial charge in [0.25, 0.3) is 0 Å². The highest BCUT2D eigenvalue weighted by molar-refractivity contribution is 8.00. The topological polar surface area (TPSA) is 78.4 Å². The molecule has 1 fully saturated rings. The third-order valence-corrected chi connectivity index (χ3v) is 5.69. The number of amides is 2. The molecule has 0 aliphatic heterocycles. The van der Waals surface area contributed by atoms with Gasteiger partial charge in [-0.1, -0.05) is 19.3 Å². The fraction of sp³-hybridized carbons (Fsp3) is 0.857. The number of thioether (sulfide) groups is 1. The molecule has 6 heteroatoms. The van der Waals surface area contributed by atoms with Gasteiger partial charge in [0.1, 0.15) is 0 Å². The second-order valence-electron chi connectivity index (χ2n) is 5.69. The summed E-state index contributed by atoms with van der Waals surface area (Å²) in [4.78, 5) is 22.7. The van der Waals surface area contributed by atoms with E-state index in [9.17, 15) is 9.59 Å². The Balaban J connectivity index is 2.40. The molecule has 3 N–H and O–H groups in total. The number of hydrogen-bond donors (Lipinski definition) is 3. The van der Waals surface area contributed by atoms with E-state index in [1.807, 2.05) is 11.8 Å². The highest BCUT2D eigenvalue weighted by Crippen LogP contribution is 2.37. The Kier molecular flexibility index (Phi) is 6.65. The van der Waals surface area contributed by atoms with Crippen molar-refractivity contribution >= 4 is 23.8 Å². The fourth-order valence-electron chi connectivity index (χ4n) is 2.49. The Hall–Kier alpha value is -0.910. The van der Waals surface area contributed by atoms with Crippen molar-refractivity contribution in [3.05, 3.63) is 0 Å². The minimum absolute atomic E-state index is 0.150. The first kappa shape index (κ1) is 17.1. The van der Waals surface area contributed by atoms with Gasteiger partial charge in [0, 0.05) is 17.3 Å². The lowest BCUT2D eigenvalue weighted by molar-refractivity contribution is -0.141. The van der Waals surface area contributed by atoms with Crippen molar-refractivity contribution in [1.82, 2.24) is 10.6 Å². The maximum Gasteiger partial charge on any atom is 0.315 e. The lowest BCUT2D eigenvalue weighted by Gasteiger charge is -2.36. The molecule has 2 unspecified atom stereocenters. The molecular formula is C14H26N2O3S. The number of nitrogens with one attached hydrogen (secondary N) is 2. The van der Waals surface area contributed by atoms with Crippen molar-refractivity contribution in [2.24, 2.45) is 5.92 Å². The van der Waals surface area contributed by atoms with Gasteiger partial charge in [-0.3, -0.25) is 4.79 Å². The summed E-state index contributed by atoms with van der Waals surface area (Å²) in [6.45, 7) is 3.95. The molecule has 1 aliphatic carbocycles. The van der Waals surface area contributed by atoms with E-state index in [0.29, 0.717) is 6.54 Å². The molecule has 116 valence electrons. The predicted molar refractivity (Wildman–Crippen MR) is 82.1 cm³/mol. The van der Waals surface area contributed by atoms with E-state index in [1.54, 1.807) is 13.8 Å². The molecule has 0 heterocycles. The number of carbonyl (C=O) groups excluding carboxylic acids is 1. The molecule has 0 aromatic carbocycles. The van der Waals surface area contributed by atoms with Gasteiger partial charge < -0.3 is 15.7 Å². The van der Waals surface area contributed by atoms with E-state index in [4.69, 9.17) is 5.11 Å². The lowest BCUT2D eigenvalue weighted by Crippen LogP contribution is -2.49. The first-order valence-electron chi connectivity index (χ1n) is 7.22. The predicted octanol–water partition coefficient (Wildman–Crippen LogP) is 2.46. The summed E-state index contributed by atoms with van der Waals surface area (Å²) in [5, 5.41) is 14.5. The molecule has 5 nitrogen and oxygen atoms in total. The Morgan fingerprint density at radius 1 is 1.25 bits per heavy atom. The Morgan fingerprint density at radius 3 is 2.35 bits per heavy atom. The van der Waals surface area contributed by atoms with Gasteiger partial charge in [-0.25, -0.2) is 4.79 Å². The minimum atomic E-state index is -0.898. The van der Waals surface area contributed by atoms with Gasteiger partial charge in [-0.05, 0) is 32.9 Å². The average Bonchev–Trinajstić information content (AvgIpc) is 2.45. The third kappa shape index (κ3) is 4.89. The molecule has 0 bridgehead atoms. The lowest BCUT2D eigenvalue weighted by atomic mass is 9.88. The van der Waals surface area contributed by atoms with Crippen LogP contribution in [-0.2, 0) is 4.79 Å². The third-order valence-electron chi connectivity index (χ3n) is 4.27. The number of urea groups is 1. The largest absolute Gasteiger partial charge is 0.481 e.